The fraction of sp³-hybridized carbons (Fsp3) is 0.217. The zero-order valence-corrected chi connectivity index (χ0v) is 16.0. The second-order valence-corrected chi connectivity index (χ2v) is 8.60. The number of thiophene rings is 1. The maximum atomic E-state index is 2.29. The summed E-state index contributed by atoms with van der Waals surface area (Å²) in [7, 11) is 2.15. The summed E-state index contributed by atoms with van der Waals surface area (Å²) in [6.07, 6.45) is 0. The van der Waals surface area contributed by atoms with Crippen LogP contribution in [0.4, 0.5) is 11.4 Å². The maximum Gasteiger partial charge on any atom is 0.0592 e. The first-order valence-corrected chi connectivity index (χ1v) is 9.52. The van der Waals surface area contributed by atoms with Crippen LogP contribution < -0.4 is 4.90 Å². The summed E-state index contributed by atoms with van der Waals surface area (Å²) < 4.78 is 2.78. The molecule has 126 valence electrons. The zero-order chi connectivity index (χ0) is 17.6. The lowest BCUT2D eigenvalue weighted by molar-refractivity contribution is 0.597. The van der Waals surface area contributed by atoms with Gasteiger partial charge in [0.15, 0.2) is 0 Å². The second kappa shape index (κ2) is 5.89. The van der Waals surface area contributed by atoms with Crippen molar-refractivity contribution in [3.8, 4) is 0 Å². The Labute approximate surface area is 153 Å². The van der Waals surface area contributed by atoms with Gasteiger partial charge in [0.05, 0.1) is 10.4 Å². The fourth-order valence-electron chi connectivity index (χ4n) is 3.45. The Morgan fingerprint density at radius 1 is 0.720 bits per heavy atom. The van der Waals surface area contributed by atoms with Crippen molar-refractivity contribution in [2.24, 2.45) is 0 Å². The third-order valence-corrected chi connectivity index (χ3v) is 6.09. The van der Waals surface area contributed by atoms with Crippen molar-refractivity contribution in [2.45, 2.75) is 26.2 Å². The van der Waals surface area contributed by atoms with Crippen molar-refractivity contribution in [2.75, 3.05) is 11.9 Å². The second-order valence-electron chi connectivity index (χ2n) is 7.58. The minimum Gasteiger partial charge on any atom is -0.343 e. The molecule has 0 saturated carbocycles. The molecule has 2 heteroatoms. The molecule has 0 spiro atoms. The van der Waals surface area contributed by atoms with Crippen LogP contribution in [-0.2, 0) is 5.41 Å². The van der Waals surface area contributed by atoms with Gasteiger partial charge in [0.1, 0.15) is 0 Å². The van der Waals surface area contributed by atoms with Crippen LogP contribution in [0.15, 0.2) is 66.7 Å². The van der Waals surface area contributed by atoms with Gasteiger partial charge in [-0.15, -0.1) is 11.3 Å². The van der Waals surface area contributed by atoms with Crippen LogP contribution in [0.2, 0.25) is 0 Å². The molecule has 0 unspecified atom stereocenters. The van der Waals surface area contributed by atoms with Crippen molar-refractivity contribution in [1.82, 2.24) is 0 Å². The quantitative estimate of drug-likeness (QED) is 0.374. The van der Waals surface area contributed by atoms with Crippen molar-refractivity contribution >= 4 is 42.9 Å². The van der Waals surface area contributed by atoms with Crippen LogP contribution in [0.25, 0.3) is 20.2 Å². The standard InChI is InChI=1S/C23H23NS/c1-23(2,3)19-14-8-12-17-18-13-9-15-20(22(18)25-21(17)19)24(4)16-10-6-5-7-11-16/h5-15H,1-4H3. The Balaban J connectivity index is 1.99. The van der Waals surface area contributed by atoms with E-state index in [2.05, 4.69) is 99.4 Å². The van der Waals surface area contributed by atoms with E-state index in [1.54, 1.807) is 0 Å². The predicted octanol–water partition coefficient (Wildman–Crippen LogP) is 7.12. The number of hydrogen-bond donors (Lipinski definition) is 0. The molecule has 0 atom stereocenters. The molecule has 0 aliphatic carbocycles. The highest BCUT2D eigenvalue weighted by atomic mass is 32.1. The largest absolute Gasteiger partial charge is 0.343 e. The Kier molecular flexibility index (Phi) is 3.81. The molecule has 4 aromatic rings. The molecule has 1 nitrogen and oxygen atoms in total. The highest BCUT2D eigenvalue weighted by Crippen LogP contribution is 2.44. The number of anilines is 2. The van der Waals surface area contributed by atoms with Gasteiger partial charge in [0.25, 0.3) is 0 Å². The van der Waals surface area contributed by atoms with Gasteiger partial charge in [0.2, 0.25) is 0 Å². The summed E-state index contributed by atoms with van der Waals surface area (Å²) in [6, 6.07) is 23.9. The van der Waals surface area contributed by atoms with Crippen molar-refractivity contribution in [3.05, 3.63) is 72.3 Å². The van der Waals surface area contributed by atoms with E-state index in [1.165, 1.54) is 37.1 Å². The van der Waals surface area contributed by atoms with E-state index in [-0.39, 0.29) is 5.41 Å². The summed E-state index contributed by atoms with van der Waals surface area (Å²) in [5.41, 5.74) is 4.05. The monoisotopic (exact) mass is 345 g/mol. The molecule has 0 saturated heterocycles. The van der Waals surface area contributed by atoms with Gasteiger partial charge in [-0.2, -0.15) is 0 Å². The summed E-state index contributed by atoms with van der Waals surface area (Å²) in [5.74, 6) is 0. The van der Waals surface area contributed by atoms with Crippen LogP contribution in [0.5, 0.6) is 0 Å². The van der Waals surface area contributed by atoms with Gasteiger partial charge < -0.3 is 4.90 Å². The molecule has 25 heavy (non-hydrogen) atoms. The third-order valence-electron chi connectivity index (χ3n) is 4.82. The fourth-order valence-corrected chi connectivity index (χ4v) is 5.02. The third kappa shape index (κ3) is 2.71. The molecule has 0 aliphatic heterocycles. The smallest absolute Gasteiger partial charge is 0.0592 e. The molecule has 1 heterocycles. The molecule has 0 N–H and O–H groups in total. The van der Waals surface area contributed by atoms with E-state index < -0.39 is 0 Å². The van der Waals surface area contributed by atoms with Gasteiger partial charge in [-0.25, -0.2) is 0 Å². The van der Waals surface area contributed by atoms with E-state index >= 15 is 0 Å². The Bertz CT molecular complexity index is 1040. The summed E-state index contributed by atoms with van der Waals surface area (Å²) in [6.45, 7) is 6.88. The maximum absolute atomic E-state index is 2.29. The van der Waals surface area contributed by atoms with Crippen LogP contribution in [0, 0.1) is 0 Å². The Morgan fingerprint density at radius 2 is 1.36 bits per heavy atom. The molecule has 3 aromatic carbocycles. The van der Waals surface area contributed by atoms with Crippen molar-refractivity contribution < 1.29 is 0 Å². The number of rotatable bonds is 2. The van der Waals surface area contributed by atoms with E-state index in [4.69, 9.17) is 0 Å². The first-order chi connectivity index (χ1) is 12.0. The number of para-hydroxylation sites is 1. The predicted molar refractivity (Wildman–Crippen MR) is 113 cm³/mol. The van der Waals surface area contributed by atoms with Gasteiger partial charge >= 0.3 is 0 Å². The molecular weight excluding hydrogens is 322 g/mol. The van der Waals surface area contributed by atoms with Gasteiger partial charge in [-0.1, -0.05) is 69.3 Å². The molecule has 0 aliphatic rings. The van der Waals surface area contributed by atoms with Crippen molar-refractivity contribution in [1.29, 1.82) is 0 Å². The minimum atomic E-state index is 0.145. The average Bonchev–Trinajstić information content (AvgIpc) is 2.99. The van der Waals surface area contributed by atoms with Crippen LogP contribution in [0.1, 0.15) is 26.3 Å². The first kappa shape index (κ1) is 16.2. The number of fused-ring (bicyclic) bond motifs is 3. The molecule has 1 aromatic heterocycles. The van der Waals surface area contributed by atoms with Gasteiger partial charge in [-0.3, -0.25) is 0 Å². The highest BCUT2D eigenvalue weighted by Gasteiger charge is 2.20. The molecule has 0 amide bonds. The highest BCUT2D eigenvalue weighted by molar-refractivity contribution is 7.26. The normalized spacial score (nSPS) is 12.0. The molecule has 0 fully saturated rings. The molecular formula is C23H23NS. The SMILES string of the molecule is CN(c1ccccc1)c1cccc2c1sc1c(C(C)(C)C)cccc12. The minimum absolute atomic E-state index is 0.145. The van der Waals surface area contributed by atoms with Gasteiger partial charge in [0, 0.05) is 28.2 Å². The Morgan fingerprint density at radius 3 is 2.04 bits per heavy atom. The number of nitrogens with zero attached hydrogens (tertiary/aromatic N) is 1. The van der Waals surface area contributed by atoms with E-state index in [9.17, 15) is 0 Å². The van der Waals surface area contributed by atoms with Crippen LogP contribution in [-0.4, -0.2) is 7.05 Å². The summed E-state index contributed by atoms with van der Waals surface area (Å²) >= 11 is 1.92. The first-order valence-electron chi connectivity index (χ1n) is 8.70. The van der Waals surface area contributed by atoms with E-state index in [0.717, 1.165) is 0 Å². The van der Waals surface area contributed by atoms with Crippen molar-refractivity contribution in [3.63, 3.8) is 0 Å². The summed E-state index contributed by atoms with van der Waals surface area (Å²) in [5, 5.41) is 2.72. The Hall–Kier alpha value is -2.32. The van der Waals surface area contributed by atoms with Gasteiger partial charge in [-0.05, 0) is 29.2 Å². The lowest BCUT2D eigenvalue weighted by Gasteiger charge is -2.20. The van der Waals surface area contributed by atoms with E-state index in [1.807, 2.05) is 11.3 Å². The lowest BCUT2D eigenvalue weighted by atomic mass is 9.86. The number of benzene rings is 3. The van der Waals surface area contributed by atoms with E-state index in [0.29, 0.717) is 0 Å². The number of hydrogen-bond acceptors (Lipinski definition) is 2. The topological polar surface area (TPSA) is 3.24 Å². The van der Waals surface area contributed by atoms with Crippen LogP contribution in [0.3, 0.4) is 0 Å². The summed E-state index contributed by atoms with van der Waals surface area (Å²) in [4.78, 5) is 2.29. The van der Waals surface area contributed by atoms with Crippen LogP contribution >= 0.6 is 11.3 Å². The molecule has 0 bridgehead atoms. The molecule has 4 rings (SSSR count). The molecule has 0 radical (unpaired) electrons. The zero-order valence-electron chi connectivity index (χ0n) is 15.2. The average molecular weight is 346 g/mol. The lowest BCUT2D eigenvalue weighted by Crippen LogP contribution is -2.10.